The average Bonchev–Trinajstić information content (AvgIpc) is 2.94. The highest BCUT2D eigenvalue weighted by Gasteiger charge is 2.60. The van der Waals surface area contributed by atoms with Crippen molar-refractivity contribution in [1.82, 2.24) is 14.7 Å². The molecule has 1 aromatic rings. The van der Waals surface area contributed by atoms with Gasteiger partial charge in [0.1, 0.15) is 5.67 Å². The standard InChI is InChI=1S/C16H25FN4O/c1-10(13-11(2)19-20(4)12(13)3)14(22)21-8-15(17)6-5-7-16(15,18)9-21/h10H,5-9,18H2,1-4H3/t10?,15-,16+/m1/s1. The average molecular weight is 308 g/mol. The minimum absolute atomic E-state index is 0.0459. The van der Waals surface area contributed by atoms with Crippen molar-refractivity contribution in [1.29, 1.82) is 0 Å². The molecule has 0 bridgehead atoms. The number of amides is 1. The van der Waals surface area contributed by atoms with Gasteiger partial charge >= 0.3 is 0 Å². The Morgan fingerprint density at radius 1 is 1.36 bits per heavy atom. The highest BCUT2D eigenvalue weighted by Crippen LogP contribution is 2.46. The Bertz CT molecular complexity index is 610. The van der Waals surface area contributed by atoms with Gasteiger partial charge in [-0.3, -0.25) is 9.48 Å². The minimum Gasteiger partial charge on any atom is -0.337 e. The van der Waals surface area contributed by atoms with Crippen molar-refractivity contribution in [2.24, 2.45) is 12.8 Å². The lowest BCUT2D eigenvalue weighted by Gasteiger charge is -2.27. The van der Waals surface area contributed by atoms with E-state index in [1.165, 1.54) is 0 Å². The molecule has 2 fully saturated rings. The summed E-state index contributed by atoms with van der Waals surface area (Å²) >= 11 is 0. The molecule has 1 aromatic heterocycles. The van der Waals surface area contributed by atoms with E-state index in [1.807, 2.05) is 27.8 Å². The number of aryl methyl sites for hydroxylation is 2. The zero-order valence-corrected chi connectivity index (χ0v) is 13.8. The Hall–Kier alpha value is -1.43. The van der Waals surface area contributed by atoms with Gasteiger partial charge in [-0.15, -0.1) is 0 Å². The van der Waals surface area contributed by atoms with E-state index in [2.05, 4.69) is 5.10 Å². The Morgan fingerprint density at radius 3 is 2.59 bits per heavy atom. The Balaban J connectivity index is 1.83. The largest absolute Gasteiger partial charge is 0.337 e. The summed E-state index contributed by atoms with van der Waals surface area (Å²) < 4.78 is 16.8. The van der Waals surface area contributed by atoms with Crippen molar-refractivity contribution in [2.45, 2.75) is 57.2 Å². The van der Waals surface area contributed by atoms with Gasteiger partial charge in [0.15, 0.2) is 0 Å². The maximum atomic E-state index is 15.0. The number of hydrogen-bond acceptors (Lipinski definition) is 3. The Morgan fingerprint density at radius 2 is 2.05 bits per heavy atom. The molecular weight excluding hydrogens is 283 g/mol. The van der Waals surface area contributed by atoms with Gasteiger partial charge in [-0.05, 0) is 40.0 Å². The molecule has 1 amide bonds. The number of rotatable bonds is 2. The van der Waals surface area contributed by atoms with Crippen LogP contribution in [0.25, 0.3) is 0 Å². The molecule has 1 aliphatic heterocycles. The maximum Gasteiger partial charge on any atom is 0.230 e. The van der Waals surface area contributed by atoms with Crippen molar-refractivity contribution in [2.75, 3.05) is 13.1 Å². The number of nitrogens with two attached hydrogens (primary N) is 1. The second-order valence-corrected chi connectivity index (χ2v) is 7.10. The second-order valence-electron chi connectivity index (χ2n) is 7.10. The first-order valence-electron chi connectivity index (χ1n) is 7.95. The highest BCUT2D eigenvalue weighted by molar-refractivity contribution is 5.84. The zero-order valence-electron chi connectivity index (χ0n) is 13.8. The number of aromatic nitrogens is 2. The smallest absolute Gasteiger partial charge is 0.230 e. The van der Waals surface area contributed by atoms with Crippen LogP contribution in [0.5, 0.6) is 0 Å². The van der Waals surface area contributed by atoms with Gasteiger partial charge in [-0.25, -0.2) is 4.39 Å². The molecule has 0 spiro atoms. The first-order valence-corrected chi connectivity index (χ1v) is 7.95. The predicted molar refractivity (Wildman–Crippen MR) is 82.3 cm³/mol. The van der Waals surface area contributed by atoms with Gasteiger partial charge < -0.3 is 10.6 Å². The third-order valence-electron chi connectivity index (χ3n) is 5.68. The topological polar surface area (TPSA) is 64.2 Å². The van der Waals surface area contributed by atoms with Crippen LogP contribution < -0.4 is 5.73 Å². The van der Waals surface area contributed by atoms with Crippen LogP contribution >= 0.6 is 0 Å². The van der Waals surface area contributed by atoms with Gasteiger partial charge in [0.25, 0.3) is 0 Å². The third-order valence-corrected chi connectivity index (χ3v) is 5.68. The van der Waals surface area contributed by atoms with E-state index in [-0.39, 0.29) is 18.4 Å². The fourth-order valence-electron chi connectivity index (χ4n) is 4.28. The molecule has 1 aliphatic carbocycles. The molecule has 0 radical (unpaired) electrons. The monoisotopic (exact) mass is 308 g/mol. The maximum absolute atomic E-state index is 15.0. The summed E-state index contributed by atoms with van der Waals surface area (Å²) in [6.07, 6.45) is 1.94. The lowest BCUT2D eigenvalue weighted by atomic mass is 9.89. The number of alkyl halides is 1. The van der Waals surface area contributed by atoms with Crippen molar-refractivity contribution in [3.8, 4) is 0 Å². The lowest BCUT2D eigenvalue weighted by molar-refractivity contribution is -0.132. The summed E-state index contributed by atoms with van der Waals surface area (Å²) in [5, 5.41) is 4.37. The molecule has 22 heavy (non-hydrogen) atoms. The highest BCUT2D eigenvalue weighted by atomic mass is 19.1. The summed E-state index contributed by atoms with van der Waals surface area (Å²) in [5.41, 5.74) is 6.76. The van der Waals surface area contributed by atoms with E-state index in [9.17, 15) is 9.18 Å². The molecule has 1 saturated carbocycles. The van der Waals surface area contributed by atoms with E-state index in [0.29, 0.717) is 19.4 Å². The number of likely N-dealkylation sites (tertiary alicyclic amines) is 1. The van der Waals surface area contributed by atoms with Crippen LogP contribution in [0.2, 0.25) is 0 Å². The molecule has 6 heteroatoms. The van der Waals surface area contributed by atoms with E-state index >= 15 is 0 Å². The summed E-state index contributed by atoms with van der Waals surface area (Å²) in [6, 6.07) is 0. The molecule has 1 saturated heterocycles. The van der Waals surface area contributed by atoms with Gasteiger partial charge in [0.05, 0.1) is 23.7 Å². The number of hydrogen-bond donors (Lipinski definition) is 1. The van der Waals surface area contributed by atoms with Crippen LogP contribution in [-0.4, -0.2) is 44.9 Å². The van der Waals surface area contributed by atoms with E-state index in [1.54, 1.807) is 9.58 Å². The molecule has 2 aliphatic rings. The molecule has 1 unspecified atom stereocenters. The van der Waals surface area contributed by atoms with Crippen molar-refractivity contribution >= 4 is 5.91 Å². The summed E-state index contributed by atoms with van der Waals surface area (Å²) in [4.78, 5) is 14.5. The first-order chi connectivity index (χ1) is 10.2. The van der Waals surface area contributed by atoms with Gasteiger partial charge in [-0.2, -0.15) is 5.10 Å². The van der Waals surface area contributed by atoms with Crippen LogP contribution in [0.1, 0.15) is 49.1 Å². The number of fused-ring (bicyclic) bond motifs is 1. The lowest BCUT2D eigenvalue weighted by Crippen LogP contribution is -2.53. The second kappa shape index (κ2) is 4.78. The summed E-state index contributed by atoms with van der Waals surface area (Å²) in [6.45, 7) is 6.20. The van der Waals surface area contributed by atoms with Crippen molar-refractivity contribution in [3.63, 3.8) is 0 Å². The third kappa shape index (κ3) is 2.00. The number of carbonyl (C=O) groups excluding carboxylic acids is 1. The Labute approximate surface area is 130 Å². The fraction of sp³-hybridized carbons (Fsp3) is 0.750. The van der Waals surface area contributed by atoms with E-state index in [0.717, 1.165) is 23.4 Å². The summed E-state index contributed by atoms with van der Waals surface area (Å²) in [7, 11) is 1.87. The SMILES string of the molecule is Cc1nn(C)c(C)c1C(C)C(=O)N1C[C@@]2(N)CCC[C@@]2(F)C1. The molecule has 3 rings (SSSR count). The van der Waals surface area contributed by atoms with E-state index < -0.39 is 11.2 Å². The minimum atomic E-state index is -1.42. The number of halogens is 1. The van der Waals surface area contributed by atoms with Crippen LogP contribution in [0.15, 0.2) is 0 Å². The quantitative estimate of drug-likeness (QED) is 0.902. The fourth-order valence-corrected chi connectivity index (χ4v) is 4.28. The first kappa shape index (κ1) is 15.5. The van der Waals surface area contributed by atoms with Crippen molar-refractivity contribution < 1.29 is 9.18 Å². The molecule has 3 atom stereocenters. The molecule has 0 aromatic carbocycles. The molecular formula is C16H25FN4O. The molecule has 2 heterocycles. The molecule has 2 N–H and O–H groups in total. The van der Waals surface area contributed by atoms with Crippen molar-refractivity contribution in [3.05, 3.63) is 17.0 Å². The number of nitrogens with zero attached hydrogens (tertiary/aromatic N) is 3. The number of carbonyl (C=O) groups is 1. The van der Waals surface area contributed by atoms with Gasteiger partial charge in [0, 0.05) is 24.8 Å². The van der Waals surface area contributed by atoms with Gasteiger partial charge in [0.2, 0.25) is 5.91 Å². The zero-order chi connectivity index (χ0) is 16.3. The molecule has 122 valence electrons. The Kier molecular flexibility index (Phi) is 3.36. The predicted octanol–water partition coefficient (Wildman–Crippen LogP) is 1.57. The van der Waals surface area contributed by atoms with Crippen LogP contribution in [0.4, 0.5) is 4.39 Å². The normalized spacial score (nSPS) is 32.4. The van der Waals surface area contributed by atoms with E-state index in [4.69, 9.17) is 5.73 Å². The van der Waals surface area contributed by atoms with Gasteiger partial charge in [-0.1, -0.05) is 0 Å². The van der Waals surface area contributed by atoms with Crippen LogP contribution in [0.3, 0.4) is 0 Å². The van der Waals surface area contributed by atoms with Crippen LogP contribution in [0, 0.1) is 13.8 Å². The van der Waals surface area contributed by atoms with Crippen LogP contribution in [-0.2, 0) is 11.8 Å². The summed E-state index contributed by atoms with van der Waals surface area (Å²) in [5.74, 6) is -0.366. The molecule has 5 nitrogen and oxygen atoms in total.